The summed E-state index contributed by atoms with van der Waals surface area (Å²) < 4.78 is 6.51. The number of rotatable bonds is 8. The predicted octanol–water partition coefficient (Wildman–Crippen LogP) is 6.48. The van der Waals surface area contributed by atoms with Gasteiger partial charge in [0.25, 0.3) is 5.91 Å². The first-order chi connectivity index (χ1) is 13.7. The molecular weight excluding hydrogens is 414 g/mol. The smallest absolute Gasteiger partial charge is 0.262 e. The van der Waals surface area contributed by atoms with Crippen molar-refractivity contribution < 1.29 is 9.53 Å². The fourth-order valence-corrected chi connectivity index (χ4v) is 3.43. The van der Waals surface area contributed by atoms with E-state index in [9.17, 15) is 4.79 Å². The van der Waals surface area contributed by atoms with E-state index in [1.165, 1.54) is 12.0 Å². The average Bonchev–Trinajstić information content (AvgIpc) is 2.73. The molecule has 0 aliphatic heterocycles. The Balaban J connectivity index is 1.53. The lowest BCUT2D eigenvalue weighted by Gasteiger charge is -2.11. The van der Waals surface area contributed by atoms with Crippen molar-refractivity contribution in [3.8, 4) is 16.9 Å². The molecule has 3 aromatic rings. The second-order valence-electron chi connectivity index (χ2n) is 6.65. The average molecular weight is 438 g/mol. The van der Waals surface area contributed by atoms with Gasteiger partial charge in [-0.2, -0.15) is 0 Å². The van der Waals surface area contributed by atoms with E-state index in [2.05, 4.69) is 52.4 Å². The molecule has 28 heavy (non-hydrogen) atoms. The third kappa shape index (κ3) is 5.70. The Morgan fingerprint density at radius 1 is 0.964 bits per heavy atom. The first kappa shape index (κ1) is 20.2. The topological polar surface area (TPSA) is 38.3 Å². The molecule has 3 nitrogen and oxygen atoms in total. The molecule has 0 atom stereocenters. The van der Waals surface area contributed by atoms with Gasteiger partial charge in [-0.3, -0.25) is 4.79 Å². The fourth-order valence-electron chi connectivity index (χ4n) is 2.91. The third-order valence-corrected chi connectivity index (χ3v) is 5.11. The monoisotopic (exact) mass is 437 g/mol. The van der Waals surface area contributed by atoms with Gasteiger partial charge in [0.2, 0.25) is 0 Å². The molecule has 3 rings (SSSR count). The molecule has 0 aromatic heterocycles. The summed E-state index contributed by atoms with van der Waals surface area (Å²) in [7, 11) is 0. The molecule has 144 valence electrons. The fraction of sp³-hybridized carbons (Fsp3) is 0.208. The number of unbranched alkanes of at least 4 members (excludes halogenated alkanes) is 1. The molecule has 4 heteroatoms. The summed E-state index contributed by atoms with van der Waals surface area (Å²) in [5.41, 5.74) is 4.29. The van der Waals surface area contributed by atoms with Crippen LogP contribution in [0.3, 0.4) is 0 Å². The molecule has 0 aliphatic carbocycles. The zero-order chi connectivity index (χ0) is 19.8. The first-order valence-electron chi connectivity index (χ1n) is 9.52. The van der Waals surface area contributed by atoms with Crippen LogP contribution in [0.1, 0.15) is 25.3 Å². The molecule has 0 unspecified atom stereocenters. The number of amides is 1. The molecule has 0 bridgehead atoms. The highest BCUT2D eigenvalue weighted by molar-refractivity contribution is 9.10. The zero-order valence-electron chi connectivity index (χ0n) is 16.0. The van der Waals surface area contributed by atoms with E-state index in [4.69, 9.17) is 4.74 Å². The Bertz CT molecular complexity index is 908. The van der Waals surface area contributed by atoms with Gasteiger partial charge in [-0.25, -0.2) is 0 Å². The van der Waals surface area contributed by atoms with Crippen molar-refractivity contribution in [2.24, 2.45) is 0 Å². The highest BCUT2D eigenvalue weighted by Gasteiger charge is 2.08. The summed E-state index contributed by atoms with van der Waals surface area (Å²) in [6.45, 7) is 2.15. The third-order valence-electron chi connectivity index (χ3n) is 4.46. The van der Waals surface area contributed by atoms with E-state index < -0.39 is 0 Å². The van der Waals surface area contributed by atoms with Gasteiger partial charge in [0.05, 0.1) is 5.69 Å². The molecule has 3 aromatic carbocycles. The summed E-state index contributed by atoms with van der Waals surface area (Å²) >= 11 is 3.54. The maximum atomic E-state index is 12.2. The van der Waals surface area contributed by atoms with E-state index in [1.54, 1.807) is 0 Å². The summed E-state index contributed by atoms with van der Waals surface area (Å²) in [5.74, 6) is 0.484. The van der Waals surface area contributed by atoms with E-state index in [-0.39, 0.29) is 12.5 Å². The Labute approximate surface area is 174 Å². The van der Waals surface area contributed by atoms with Gasteiger partial charge in [-0.15, -0.1) is 0 Å². The van der Waals surface area contributed by atoms with Crippen LogP contribution < -0.4 is 10.1 Å². The number of carbonyl (C=O) groups is 1. The number of aryl methyl sites for hydroxylation is 1. The lowest BCUT2D eigenvalue weighted by Crippen LogP contribution is -2.20. The number of nitrogens with one attached hydrogen (secondary N) is 1. The number of benzene rings is 3. The van der Waals surface area contributed by atoms with E-state index in [1.807, 2.05) is 48.5 Å². The largest absolute Gasteiger partial charge is 0.484 e. The molecule has 0 heterocycles. The van der Waals surface area contributed by atoms with Crippen molar-refractivity contribution in [1.82, 2.24) is 0 Å². The molecule has 0 radical (unpaired) electrons. The minimum absolute atomic E-state index is 0.0330. The van der Waals surface area contributed by atoms with Crippen LogP contribution >= 0.6 is 15.9 Å². The van der Waals surface area contributed by atoms with Gasteiger partial charge in [-0.1, -0.05) is 61.9 Å². The summed E-state index contributed by atoms with van der Waals surface area (Å²) in [4.78, 5) is 12.2. The molecular formula is C24H24BrNO2. The van der Waals surface area contributed by atoms with Gasteiger partial charge >= 0.3 is 0 Å². The van der Waals surface area contributed by atoms with Gasteiger partial charge < -0.3 is 10.1 Å². The molecule has 1 amide bonds. The molecule has 0 aliphatic rings. The Hall–Kier alpha value is -2.59. The van der Waals surface area contributed by atoms with Crippen LogP contribution in [-0.4, -0.2) is 12.5 Å². The van der Waals surface area contributed by atoms with Crippen molar-refractivity contribution in [1.29, 1.82) is 0 Å². The first-order valence-corrected chi connectivity index (χ1v) is 10.3. The van der Waals surface area contributed by atoms with Gasteiger partial charge in [0.1, 0.15) is 5.75 Å². The van der Waals surface area contributed by atoms with Gasteiger partial charge in [-0.05, 0) is 69.7 Å². The number of hydrogen-bond acceptors (Lipinski definition) is 2. The van der Waals surface area contributed by atoms with Crippen LogP contribution in [0.15, 0.2) is 77.3 Å². The quantitative estimate of drug-likeness (QED) is 0.437. The minimum atomic E-state index is -0.186. The molecule has 0 fully saturated rings. The number of hydrogen-bond donors (Lipinski definition) is 1. The molecule has 0 saturated carbocycles. The van der Waals surface area contributed by atoms with Crippen LogP contribution in [0.2, 0.25) is 0 Å². The number of anilines is 1. The van der Waals surface area contributed by atoms with E-state index in [0.717, 1.165) is 34.1 Å². The maximum absolute atomic E-state index is 12.2. The van der Waals surface area contributed by atoms with Gasteiger partial charge in [0.15, 0.2) is 6.61 Å². The lowest BCUT2D eigenvalue weighted by molar-refractivity contribution is -0.118. The van der Waals surface area contributed by atoms with Gasteiger partial charge in [0, 0.05) is 4.47 Å². The maximum Gasteiger partial charge on any atom is 0.262 e. The zero-order valence-corrected chi connectivity index (χ0v) is 17.5. The van der Waals surface area contributed by atoms with Crippen molar-refractivity contribution in [3.05, 3.63) is 82.8 Å². The van der Waals surface area contributed by atoms with E-state index in [0.29, 0.717) is 5.75 Å². The lowest BCUT2D eigenvalue weighted by atomic mass is 10.1. The second kappa shape index (κ2) is 10.1. The standard InChI is InChI=1S/C24H24BrNO2/c1-2-3-7-18-10-15-23(22(25)16-18)26-24(27)17-28-21-13-11-20(12-14-21)19-8-5-4-6-9-19/h4-6,8-16H,2-3,7,17H2,1H3,(H,26,27). The Kier molecular flexibility index (Phi) is 7.26. The SMILES string of the molecule is CCCCc1ccc(NC(=O)COc2ccc(-c3ccccc3)cc2)c(Br)c1. The van der Waals surface area contributed by atoms with E-state index >= 15 is 0 Å². The van der Waals surface area contributed by atoms with Crippen molar-refractivity contribution in [3.63, 3.8) is 0 Å². The Morgan fingerprint density at radius 3 is 2.36 bits per heavy atom. The van der Waals surface area contributed by atoms with Crippen molar-refractivity contribution >= 4 is 27.5 Å². The van der Waals surface area contributed by atoms with Crippen LogP contribution in [0.4, 0.5) is 5.69 Å². The van der Waals surface area contributed by atoms with Crippen LogP contribution in [-0.2, 0) is 11.2 Å². The molecule has 1 N–H and O–H groups in total. The normalized spacial score (nSPS) is 10.5. The summed E-state index contributed by atoms with van der Waals surface area (Å²) in [6.07, 6.45) is 3.38. The Morgan fingerprint density at radius 2 is 1.68 bits per heavy atom. The van der Waals surface area contributed by atoms with Crippen LogP contribution in [0.5, 0.6) is 5.75 Å². The number of halogens is 1. The highest BCUT2D eigenvalue weighted by Crippen LogP contribution is 2.25. The van der Waals surface area contributed by atoms with Crippen LogP contribution in [0.25, 0.3) is 11.1 Å². The number of carbonyl (C=O) groups excluding carboxylic acids is 1. The minimum Gasteiger partial charge on any atom is -0.484 e. The van der Waals surface area contributed by atoms with Crippen molar-refractivity contribution in [2.45, 2.75) is 26.2 Å². The summed E-state index contributed by atoms with van der Waals surface area (Å²) in [6, 6.07) is 24.0. The summed E-state index contributed by atoms with van der Waals surface area (Å²) in [5, 5.41) is 2.89. The molecule has 0 saturated heterocycles. The predicted molar refractivity (Wildman–Crippen MR) is 119 cm³/mol. The van der Waals surface area contributed by atoms with Crippen molar-refractivity contribution in [2.75, 3.05) is 11.9 Å². The van der Waals surface area contributed by atoms with Crippen LogP contribution in [0, 0.1) is 0 Å². The molecule has 0 spiro atoms. The second-order valence-corrected chi connectivity index (χ2v) is 7.50. The number of ether oxygens (including phenoxy) is 1. The highest BCUT2D eigenvalue weighted by atomic mass is 79.9.